The molecule has 2 heterocycles. The van der Waals surface area contributed by atoms with E-state index in [0.717, 1.165) is 16.7 Å². The first kappa shape index (κ1) is 16.1. The third-order valence-electron chi connectivity index (χ3n) is 4.60. The topological polar surface area (TPSA) is 54.8 Å². The summed E-state index contributed by atoms with van der Waals surface area (Å²) in [7, 11) is -3.41. The number of aromatic nitrogens is 1. The molecule has 0 unspecified atom stereocenters. The molecule has 0 amide bonds. The fourth-order valence-corrected chi connectivity index (χ4v) is 4.64. The number of nitrogens with one attached hydrogen (secondary N) is 1. The maximum absolute atomic E-state index is 12.7. The van der Waals surface area contributed by atoms with E-state index in [-0.39, 0.29) is 0 Å². The van der Waals surface area contributed by atoms with Crippen LogP contribution in [0, 0.1) is 0 Å². The van der Waals surface area contributed by atoms with Gasteiger partial charge in [-0.25, -0.2) is 13.4 Å². The number of rotatable bonds is 3. The van der Waals surface area contributed by atoms with Gasteiger partial charge in [-0.3, -0.25) is 4.90 Å². The van der Waals surface area contributed by atoms with Gasteiger partial charge in [0.25, 0.3) is 5.82 Å². The molecule has 4 rings (SSSR count). The number of aromatic amines is 1. The van der Waals surface area contributed by atoms with Gasteiger partial charge >= 0.3 is 0 Å². The fourth-order valence-electron chi connectivity index (χ4n) is 3.20. The van der Waals surface area contributed by atoms with Gasteiger partial charge < -0.3 is 0 Å². The zero-order valence-electron chi connectivity index (χ0n) is 13.8. The van der Waals surface area contributed by atoms with Crippen molar-refractivity contribution in [3.8, 4) is 0 Å². The highest BCUT2D eigenvalue weighted by Crippen LogP contribution is 2.20. The van der Waals surface area contributed by atoms with E-state index in [1.807, 2.05) is 18.2 Å². The van der Waals surface area contributed by atoms with Crippen molar-refractivity contribution in [2.75, 3.05) is 31.1 Å². The number of para-hydroxylation sites is 1. The number of piperazine rings is 1. The van der Waals surface area contributed by atoms with E-state index in [4.69, 9.17) is 0 Å². The third-order valence-corrected chi connectivity index (χ3v) is 6.52. The zero-order valence-corrected chi connectivity index (χ0v) is 14.6. The van der Waals surface area contributed by atoms with Gasteiger partial charge in [-0.15, -0.1) is 0 Å². The van der Waals surface area contributed by atoms with Crippen LogP contribution in [0.2, 0.25) is 0 Å². The van der Waals surface area contributed by atoms with E-state index in [9.17, 15) is 8.42 Å². The van der Waals surface area contributed by atoms with Crippen LogP contribution in [0.3, 0.4) is 0 Å². The minimum absolute atomic E-state index is 0.362. The highest BCUT2D eigenvalue weighted by Gasteiger charge is 2.31. The molecule has 128 valence electrons. The van der Waals surface area contributed by atoms with Crippen LogP contribution in [-0.4, -0.2) is 38.9 Å². The van der Waals surface area contributed by atoms with Crippen LogP contribution in [0.1, 0.15) is 0 Å². The molecule has 2 aromatic carbocycles. The van der Waals surface area contributed by atoms with Gasteiger partial charge in [-0.05, 0) is 24.3 Å². The summed E-state index contributed by atoms with van der Waals surface area (Å²) in [5.41, 5.74) is 1.08. The molecule has 0 spiro atoms. The van der Waals surface area contributed by atoms with Crippen molar-refractivity contribution in [2.45, 2.75) is 4.90 Å². The summed E-state index contributed by atoms with van der Waals surface area (Å²) in [6.07, 6.45) is 0. The molecule has 25 heavy (non-hydrogen) atoms. The second-order valence-corrected chi connectivity index (χ2v) is 8.07. The van der Waals surface area contributed by atoms with E-state index in [2.05, 4.69) is 34.1 Å². The smallest absolute Gasteiger partial charge is 0.259 e. The molecule has 0 atom stereocenters. The van der Waals surface area contributed by atoms with E-state index in [0.29, 0.717) is 31.1 Å². The number of H-pyrrole nitrogens is 1. The molecule has 0 bridgehead atoms. The van der Waals surface area contributed by atoms with Gasteiger partial charge in [0, 0.05) is 11.5 Å². The molecule has 1 N–H and O–H groups in total. The molecule has 3 aromatic rings. The lowest BCUT2D eigenvalue weighted by Crippen LogP contribution is -2.49. The minimum atomic E-state index is -3.41. The quantitative estimate of drug-likeness (QED) is 0.724. The minimum Gasteiger partial charge on any atom is -0.259 e. The standard InChI is InChI=1S/C19H19N3O2S/c23-25(24,17-7-2-1-3-8-17)22-14-12-21(13-15-22)19-11-10-16-6-4-5-9-18(16)20-19/h1-11H,12-15H2/p+1. The van der Waals surface area contributed by atoms with Crippen molar-refractivity contribution in [3.63, 3.8) is 0 Å². The Morgan fingerprint density at radius 2 is 1.44 bits per heavy atom. The van der Waals surface area contributed by atoms with Crippen molar-refractivity contribution in [2.24, 2.45) is 0 Å². The Hall–Kier alpha value is -2.44. The van der Waals surface area contributed by atoms with E-state index >= 15 is 0 Å². The Bertz CT molecular complexity index is 982. The molecule has 1 fully saturated rings. The lowest BCUT2D eigenvalue weighted by atomic mass is 10.2. The maximum Gasteiger partial charge on any atom is 0.274 e. The van der Waals surface area contributed by atoms with Crippen molar-refractivity contribution in [1.82, 2.24) is 4.31 Å². The van der Waals surface area contributed by atoms with Crippen LogP contribution < -0.4 is 9.88 Å². The highest BCUT2D eigenvalue weighted by atomic mass is 32.2. The van der Waals surface area contributed by atoms with Crippen molar-refractivity contribution in [1.29, 1.82) is 0 Å². The van der Waals surface area contributed by atoms with E-state index < -0.39 is 10.0 Å². The zero-order chi connectivity index (χ0) is 17.3. The Kier molecular flexibility index (Phi) is 4.15. The Morgan fingerprint density at radius 3 is 2.20 bits per heavy atom. The van der Waals surface area contributed by atoms with Crippen LogP contribution in [-0.2, 0) is 10.0 Å². The number of anilines is 1. The van der Waals surface area contributed by atoms with Crippen LogP contribution in [0.15, 0.2) is 71.6 Å². The Labute approximate surface area is 147 Å². The van der Waals surface area contributed by atoms with Crippen LogP contribution in [0.5, 0.6) is 0 Å². The summed E-state index contributed by atoms with van der Waals surface area (Å²) >= 11 is 0. The molecular formula is C19H20N3O2S+. The van der Waals surface area contributed by atoms with Gasteiger partial charge in [0.05, 0.1) is 31.1 Å². The Morgan fingerprint density at radius 1 is 0.760 bits per heavy atom. The second kappa shape index (κ2) is 6.46. The molecule has 0 saturated carbocycles. The number of pyridine rings is 1. The normalized spacial score (nSPS) is 16.2. The molecule has 0 radical (unpaired) electrons. The molecule has 0 aliphatic carbocycles. The predicted molar refractivity (Wildman–Crippen MR) is 97.9 cm³/mol. The molecule has 1 aromatic heterocycles. The van der Waals surface area contributed by atoms with Crippen molar-refractivity contribution >= 4 is 26.7 Å². The van der Waals surface area contributed by atoms with Gasteiger partial charge in [-0.2, -0.15) is 4.31 Å². The number of fused-ring (bicyclic) bond motifs is 1. The second-order valence-electron chi connectivity index (χ2n) is 6.14. The molecule has 1 saturated heterocycles. The van der Waals surface area contributed by atoms with E-state index in [1.54, 1.807) is 28.6 Å². The first-order chi connectivity index (χ1) is 12.1. The fraction of sp³-hybridized carbons (Fsp3) is 0.211. The SMILES string of the molecule is O=S(=O)(c1ccccc1)N1CCN(c2ccc3ccccc3[nH+]2)CC1. The van der Waals surface area contributed by atoms with Crippen LogP contribution >= 0.6 is 0 Å². The third kappa shape index (κ3) is 3.10. The monoisotopic (exact) mass is 354 g/mol. The number of hydrogen-bond acceptors (Lipinski definition) is 3. The number of benzene rings is 2. The molecule has 1 aliphatic heterocycles. The molecule has 5 nitrogen and oxygen atoms in total. The number of nitrogens with zero attached hydrogens (tertiary/aromatic N) is 2. The largest absolute Gasteiger partial charge is 0.274 e. The summed E-state index contributed by atoms with van der Waals surface area (Å²) in [5.74, 6) is 1.02. The maximum atomic E-state index is 12.7. The average molecular weight is 354 g/mol. The Balaban J connectivity index is 1.51. The lowest BCUT2D eigenvalue weighted by molar-refractivity contribution is -0.330. The number of sulfonamides is 1. The van der Waals surface area contributed by atoms with Crippen LogP contribution in [0.25, 0.3) is 10.9 Å². The lowest BCUT2D eigenvalue weighted by Gasteiger charge is -2.30. The van der Waals surface area contributed by atoms with Crippen molar-refractivity contribution < 1.29 is 13.4 Å². The summed E-state index contributed by atoms with van der Waals surface area (Å²) in [6, 6.07) is 20.9. The summed E-state index contributed by atoms with van der Waals surface area (Å²) in [6.45, 7) is 2.30. The van der Waals surface area contributed by atoms with Crippen molar-refractivity contribution in [3.05, 3.63) is 66.7 Å². The van der Waals surface area contributed by atoms with Gasteiger partial charge in [0.15, 0.2) is 0 Å². The first-order valence-electron chi connectivity index (χ1n) is 8.36. The summed E-state index contributed by atoms with van der Waals surface area (Å²) in [5, 5.41) is 1.16. The van der Waals surface area contributed by atoms with E-state index in [1.165, 1.54) is 0 Å². The predicted octanol–water partition coefficient (Wildman–Crippen LogP) is 2.16. The molecule has 6 heteroatoms. The molecular weight excluding hydrogens is 334 g/mol. The molecule has 1 aliphatic rings. The van der Waals surface area contributed by atoms with Crippen LogP contribution in [0.4, 0.5) is 5.82 Å². The average Bonchev–Trinajstić information content (AvgIpc) is 2.68. The van der Waals surface area contributed by atoms with Gasteiger partial charge in [0.2, 0.25) is 10.0 Å². The highest BCUT2D eigenvalue weighted by molar-refractivity contribution is 7.89. The summed E-state index contributed by atoms with van der Waals surface area (Å²) in [4.78, 5) is 6.00. The first-order valence-corrected chi connectivity index (χ1v) is 9.80. The summed E-state index contributed by atoms with van der Waals surface area (Å²) < 4.78 is 27.0. The number of hydrogen-bond donors (Lipinski definition) is 0. The van der Waals surface area contributed by atoms with Gasteiger partial charge in [0.1, 0.15) is 5.52 Å². The van der Waals surface area contributed by atoms with Gasteiger partial charge in [-0.1, -0.05) is 36.4 Å².